The van der Waals surface area contributed by atoms with Gasteiger partial charge in [0.2, 0.25) is 5.88 Å². The third-order valence-corrected chi connectivity index (χ3v) is 3.46. The Morgan fingerprint density at radius 3 is 2.71 bits per heavy atom. The molecule has 0 atom stereocenters. The number of rotatable bonds is 4. The number of nitriles is 1. The SMILES string of the molecule is CCOc1ccc(-c2cc(-c3cccnc3)nc(N)c2C#N)cn1. The highest BCUT2D eigenvalue weighted by atomic mass is 16.5. The Balaban J connectivity index is 2.12. The van der Waals surface area contributed by atoms with Crippen LogP contribution < -0.4 is 10.5 Å². The number of anilines is 1. The van der Waals surface area contributed by atoms with Crippen LogP contribution in [-0.4, -0.2) is 21.6 Å². The predicted octanol–water partition coefficient (Wildman–Crippen LogP) is 3.06. The molecule has 24 heavy (non-hydrogen) atoms. The number of nitrogens with zero attached hydrogens (tertiary/aromatic N) is 4. The quantitative estimate of drug-likeness (QED) is 0.794. The van der Waals surface area contributed by atoms with Crippen molar-refractivity contribution >= 4 is 5.82 Å². The lowest BCUT2D eigenvalue weighted by Gasteiger charge is -2.10. The normalized spacial score (nSPS) is 10.2. The molecule has 0 radical (unpaired) electrons. The molecule has 3 rings (SSSR count). The maximum absolute atomic E-state index is 9.43. The third kappa shape index (κ3) is 3.01. The zero-order chi connectivity index (χ0) is 16.9. The molecule has 118 valence electrons. The van der Waals surface area contributed by atoms with E-state index in [1.165, 1.54) is 0 Å². The number of nitrogens with two attached hydrogens (primary N) is 1. The monoisotopic (exact) mass is 317 g/mol. The van der Waals surface area contributed by atoms with Gasteiger partial charge in [0.15, 0.2) is 0 Å². The van der Waals surface area contributed by atoms with E-state index >= 15 is 0 Å². The van der Waals surface area contributed by atoms with E-state index in [-0.39, 0.29) is 5.82 Å². The summed E-state index contributed by atoms with van der Waals surface area (Å²) in [5, 5.41) is 9.43. The van der Waals surface area contributed by atoms with Crippen LogP contribution in [0.5, 0.6) is 5.88 Å². The minimum Gasteiger partial charge on any atom is -0.478 e. The highest BCUT2D eigenvalue weighted by molar-refractivity contribution is 5.79. The van der Waals surface area contributed by atoms with Gasteiger partial charge in [-0.15, -0.1) is 0 Å². The Morgan fingerprint density at radius 2 is 2.08 bits per heavy atom. The molecule has 6 nitrogen and oxygen atoms in total. The van der Waals surface area contributed by atoms with Gasteiger partial charge in [0.25, 0.3) is 0 Å². The van der Waals surface area contributed by atoms with E-state index in [1.807, 2.05) is 31.2 Å². The van der Waals surface area contributed by atoms with Gasteiger partial charge in [0, 0.05) is 41.3 Å². The number of pyridine rings is 3. The van der Waals surface area contributed by atoms with E-state index in [0.29, 0.717) is 29.3 Å². The topological polar surface area (TPSA) is 97.7 Å². The van der Waals surface area contributed by atoms with Gasteiger partial charge in [-0.25, -0.2) is 9.97 Å². The molecule has 0 aromatic carbocycles. The molecule has 0 bridgehead atoms. The first-order chi connectivity index (χ1) is 11.7. The Hall–Kier alpha value is -3.46. The van der Waals surface area contributed by atoms with Crippen LogP contribution in [-0.2, 0) is 0 Å². The van der Waals surface area contributed by atoms with Crippen LogP contribution in [0.1, 0.15) is 12.5 Å². The van der Waals surface area contributed by atoms with E-state index in [2.05, 4.69) is 21.0 Å². The van der Waals surface area contributed by atoms with Crippen LogP contribution in [0.3, 0.4) is 0 Å². The van der Waals surface area contributed by atoms with Crippen molar-refractivity contribution in [2.24, 2.45) is 0 Å². The Bertz CT molecular complexity index is 886. The van der Waals surface area contributed by atoms with Crippen molar-refractivity contribution in [1.82, 2.24) is 15.0 Å². The molecule has 0 aliphatic heterocycles. The largest absolute Gasteiger partial charge is 0.478 e. The number of hydrogen-bond acceptors (Lipinski definition) is 6. The molecule has 3 aromatic heterocycles. The fourth-order valence-corrected chi connectivity index (χ4v) is 2.35. The molecule has 0 aliphatic carbocycles. The van der Waals surface area contributed by atoms with Crippen LogP contribution in [0.25, 0.3) is 22.4 Å². The first kappa shape index (κ1) is 15.4. The Kier molecular flexibility index (Phi) is 4.34. The fourth-order valence-electron chi connectivity index (χ4n) is 2.35. The smallest absolute Gasteiger partial charge is 0.213 e. The van der Waals surface area contributed by atoms with E-state index in [1.54, 1.807) is 24.7 Å². The maximum Gasteiger partial charge on any atom is 0.213 e. The number of nitrogen functional groups attached to an aromatic ring is 1. The molecular weight excluding hydrogens is 302 g/mol. The number of ether oxygens (including phenoxy) is 1. The molecule has 2 N–H and O–H groups in total. The molecule has 0 saturated heterocycles. The van der Waals surface area contributed by atoms with Crippen LogP contribution in [0.15, 0.2) is 48.9 Å². The van der Waals surface area contributed by atoms with E-state index < -0.39 is 0 Å². The van der Waals surface area contributed by atoms with Crippen molar-refractivity contribution in [2.45, 2.75) is 6.92 Å². The van der Waals surface area contributed by atoms with Crippen molar-refractivity contribution in [3.8, 4) is 34.3 Å². The van der Waals surface area contributed by atoms with Gasteiger partial charge in [-0.2, -0.15) is 5.26 Å². The van der Waals surface area contributed by atoms with E-state index in [0.717, 1.165) is 11.1 Å². The molecule has 0 fully saturated rings. The maximum atomic E-state index is 9.43. The summed E-state index contributed by atoms with van der Waals surface area (Å²) < 4.78 is 5.35. The summed E-state index contributed by atoms with van der Waals surface area (Å²) in [6, 6.07) is 11.3. The van der Waals surface area contributed by atoms with Gasteiger partial charge in [0.05, 0.1) is 12.3 Å². The van der Waals surface area contributed by atoms with Crippen molar-refractivity contribution < 1.29 is 4.74 Å². The zero-order valence-corrected chi connectivity index (χ0v) is 13.1. The Morgan fingerprint density at radius 1 is 1.21 bits per heavy atom. The minimum absolute atomic E-state index is 0.183. The summed E-state index contributed by atoms with van der Waals surface area (Å²) in [7, 11) is 0. The predicted molar refractivity (Wildman–Crippen MR) is 91.0 cm³/mol. The standard InChI is InChI=1S/C18H15N5O/c1-2-24-17-6-5-12(11-22-17)14-8-16(13-4-3-7-21-10-13)23-18(20)15(14)9-19/h3-8,10-11H,2H2,1H3,(H2,20,23). The van der Waals surface area contributed by atoms with Crippen molar-refractivity contribution in [1.29, 1.82) is 5.26 Å². The zero-order valence-electron chi connectivity index (χ0n) is 13.1. The van der Waals surface area contributed by atoms with Crippen molar-refractivity contribution in [3.63, 3.8) is 0 Å². The molecule has 3 aromatic rings. The Labute approximate surface area is 139 Å². The van der Waals surface area contributed by atoms with Crippen LogP contribution in [0.4, 0.5) is 5.82 Å². The molecule has 0 aliphatic rings. The number of hydrogen-bond donors (Lipinski definition) is 1. The van der Waals surface area contributed by atoms with Gasteiger partial charge in [0.1, 0.15) is 17.5 Å². The van der Waals surface area contributed by atoms with Gasteiger partial charge >= 0.3 is 0 Å². The second kappa shape index (κ2) is 6.75. The summed E-state index contributed by atoms with van der Waals surface area (Å²) in [6.45, 7) is 2.44. The molecule has 6 heteroatoms. The summed E-state index contributed by atoms with van der Waals surface area (Å²) in [5.74, 6) is 0.719. The average Bonchev–Trinajstić information content (AvgIpc) is 2.63. The molecule has 3 heterocycles. The van der Waals surface area contributed by atoms with E-state index in [9.17, 15) is 5.26 Å². The fraction of sp³-hybridized carbons (Fsp3) is 0.111. The lowest BCUT2D eigenvalue weighted by molar-refractivity contribution is 0.327. The lowest BCUT2D eigenvalue weighted by Crippen LogP contribution is -2.00. The molecule has 0 amide bonds. The van der Waals surface area contributed by atoms with Gasteiger partial charge in [-0.3, -0.25) is 4.98 Å². The van der Waals surface area contributed by atoms with Gasteiger partial charge in [-0.05, 0) is 31.2 Å². The third-order valence-electron chi connectivity index (χ3n) is 3.46. The highest BCUT2D eigenvalue weighted by Crippen LogP contribution is 2.31. The summed E-state index contributed by atoms with van der Waals surface area (Å²) in [4.78, 5) is 12.7. The summed E-state index contributed by atoms with van der Waals surface area (Å²) in [5.41, 5.74) is 9.25. The summed E-state index contributed by atoms with van der Waals surface area (Å²) >= 11 is 0. The van der Waals surface area contributed by atoms with Crippen LogP contribution >= 0.6 is 0 Å². The van der Waals surface area contributed by atoms with Gasteiger partial charge < -0.3 is 10.5 Å². The first-order valence-corrected chi connectivity index (χ1v) is 7.43. The molecule has 0 unspecified atom stereocenters. The minimum atomic E-state index is 0.183. The molecule has 0 saturated carbocycles. The summed E-state index contributed by atoms with van der Waals surface area (Å²) in [6.07, 6.45) is 5.05. The van der Waals surface area contributed by atoms with Gasteiger partial charge in [-0.1, -0.05) is 0 Å². The first-order valence-electron chi connectivity index (χ1n) is 7.43. The lowest BCUT2D eigenvalue weighted by atomic mass is 10.0. The highest BCUT2D eigenvalue weighted by Gasteiger charge is 2.14. The second-order valence-electron chi connectivity index (χ2n) is 4.99. The number of aromatic nitrogens is 3. The molecular formula is C18H15N5O. The van der Waals surface area contributed by atoms with Crippen molar-refractivity contribution in [3.05, 3.63) is 54.5 Å². The van der Waals surface area contributed by atoms with Crippen LogP contribution in [0, 0.1) is 11.3 Å². The molecule has 0 spiro atoms. The van der Waals surface area contributed by atoms with E-state index in [4.69, 9.17) is 10.5 Å². The average molecular weight is 317 g/mol. The van der Waals surface area contributed by atoms with Crippen molar-refractivity contribution in [2.75, 3.05) is 12.3 Å². The second-order valence-corrected chi connectivity index (χ2v) is 4.99. The van der Waals surface area contributed by atoms with Crippen LogP contribution in [0.2, 0.25) is 0 Å².